The Bertz CT molecular complexity index is 1110. The summed E-state index contributed by atoms with van der Waals surface area (Å²) in [5, 5.41) is 2.03. The molecule has 1 N–H and O–H groups in total. The average Bonchev–Trinajstić information content (AvgIpc) is 2.83. The van der Waals surface area contributed by atoms with Gasteiger partial charge in [-0.05, 0) is 122 Å². The van der Waals surface area contributed by atoms with E-state index < -0.39 is 10.1 Å². The first-order chi connectivity index (χ1) is 17.2. The Balaban J connectivity index is 3.28. The Morgan fingerprint density at radius 3 is 1.19 bits per heavy atom. The predicted octanol–water partition coefficient (Wildman–Crippen LogP) is 9.42. The lowest BCUT2D eigenvalue weighted by Gasteiger charge is -2.28. The van der Waals surface area contributed by atoms with Gasteiger partial charge in [0, 0.05) is 5.39 Å². The van der Waals surface area contributed by atoms with Crippen molar-refractivity contribution in [1.82, 2.24) is 0 Å². The molecule has 0 aromatic heterocycles. The molecule has 3 nitrogen and oxygen atoms in total. The molecule has 0 aliphatic rings. The molecule has 0 atom stereocenters. The van der Waals surface area contributed by atoms with Crippen molar-refractivity contribution < 1.29 is 13.0 Å². The minimum absolute atomic E-state index is 0.180. The fourth-order valence-corrected chi connectivity index (χ4v) is 6.90. The molecule has 204 valence electrons. The van der Waals surface area contributed by atoms with Gasteiger partial charge in [-0.2, -0.15) is 8.42 Å². The third-order valence-corrected chi connectivity index (χ3v) is 9.02. The molecule has 2 rings (SSSR count). The molecule has 0 bridgehead atoms. The minimum atomic E-state index is -4.37. The van der Waals surface area contributed by atoms with Crippen molar-refractivity contribution in [2.45, 2.75) is 150 Å². The SMILES string of the molecule is CCCCc1c(CCCC)c(CCCC)c2c(S(=O)(=O)O)c(C)c(C)c(CCCC)c2c1CCCC. The molecule has 4 heteroatoms. The lowest BCUT2D eigenvalue weighted by molar-refractivity contribution is 0.483. The maximum Gasteiger partial charge on any atom is 0.295 e. The van der Waals surface area contributed by atoms with Crippen LogP contribution in [0.1, 0.15) is 138 Å². The number of unbranched alkanes of at least 4 members (excludes halogenated alkanes) is 5. The molecule has 0 saturated heterocycles. The molecule has 0 aliphatic heterocycles. The normalized spacial score (nSPS) is 12.1. The third kappa shape index (κ3) is 6.92. The average molecular weight is 517 g/mol. The summed E-state index contributed by atoms with van der Waals surface area (Å²) in [6, 6.07) is 0. The van der Waals surface area contributed by atoms with Gasteiger partial charge in [-0.3, -0.25) is 4.55 Å². The van der Waals surface area contributed by atoms with E-state index in [1.165, 1.54) is 33.2 Å². The molecule has 0 unspecified atom stereocenters. The lowest BCUT2D eigenvalue weighted by Crippen LogP contribution is -2.15. The van der Waals surface area contributed by atoms with Crippen molar-refractivity contribution in [3.8, 4) is 0 Å². The van der Waals surface area contributed by atoms with Gasteiger partial charge < -0.3 is 0 Å². The topological polar surface area (TPSA) is 54.4 Å². The van der Waals surface area contributed by atoms with Gasteiger partial charge in [0.1, 0.15) is 4.90 Å². The van der Waals surface area contributed by atoms with E-state index >= 15 is 0 Å². The van der Waals surface area contributed by atoms with Crippen molar-refractivity contribution >= 4 is 20.9 Å². The molecular weight excluding hydrogens is 464 g/mol. The van der Waals surface area contributed by atoms with Crippen molar-refractivity contribution in [1.29, 1.82) is 0 Å². The Morgan fingerprint density at radius 2 is 0.833 bits per heavy atom. The molecule has 0 heterocycles. The smallest absolute Gasteiger partial charge is 0.282 e. The lowest BCUT2D eigenvalue weighted by atomic mass is 9.78. The van der Waals surface area contributed by atoms with Crippen LogP contribution in [0.3, 0.4) is 0 Å². The van der Waals surface area contributed by atoms with Crippen LogP contribution in [0.5, 0.6) is 0 Å². The first-order valence-corrected chi connectivity index (χ1v) is 16.2. The highest BCUT2D eigenvalue weighted by Gasteiger charge is 2.29. The molecular formula is C32H52O3S. The third-order valence-electron chi connectivity index (χ3n) is 7.99. The zero-order valence-electron chi connectivity index (χ0n) is 24.3. The number of aryl methyl sites for hydroxylation is 3. The summed E-state index contributed by atoms with van der Waals surface area (Å²) < 4.78 is 36.7. The Labute approximate surface area is 222 Å². The van der Waals surface area contributed by atoms with Gasteiger partial charge >= 0.3 is 0 Å². The van der Waals surface area contributed by atoms with E-state index in [0.717, 1.165) is 113 Å². The van der Waals surface area contributed by atoms with Crippen LogP contribution < -0.4 is 0 Å². The molecule has 0 amide bonds. The Morgan fingerprint density at radius 1 is 0.500 bits per heavy atom. The summed E-state index contributed by atoms with van der Waals surface area (Å²) in [5.41, 5.74) is 8.58. The van der Waals surface area contributed by atoms with Crippen molar-refractivity contribution in [2.24, 2.45) is 0 Å². The van der Waals surface area contributed by atoms with Gasteiger partial charge in [-0.1, -0.05) is 66.7 Å². The molecule has 36 heavy (non-hydrogen) atoms. The van der Waals surface area contributed by atoms with Crippen molar-refractivity contribution in [3.63, 3.8) is 0 Å². The van der Waals surface area contributed by atoms with E-state index in [1.54, 1.807) is 0 Å². The summed E-state index contributed by atoms with van der Waals surface area (Å²) in [7, 11) is -4.37. The number of hydrogen-bond donors (Lipinski definition) is 1. The van der Waals surface area contributed by atoms with E-state index in [2.05, 4.69) is 41.5 Å². The van der Waals surface area contributed by atoms with Gasteiger partial charge in [0.05, 0.1) is 0 Å². The number of benzene rings is 2. The fourth-order valence-electron chi connectivity index (χ4n) is 5.88. The van der Waals surface area contributed by atoms with Crippen LogP contribution in [-0.4, -0.2) is 13.0 Å². The zero-order chi connectivity index (χ0) is 26.9. The second-order valence-electron chi connectivity index (χ2n) is 10.7. The van der Waals surface area contributed by atoms with Gasteiger partial charge in [0.15, 0.2) is 0 Å². The van der Waals surface area contributed by atoms with E-state index in [0.29, 0.717) is 0 Å². The highest BCUT2D eigenvalue weighted by Crippen LogP contribution is 2.43. The van der Waals surface area contributed by atoms with E-state index in [-0.39, 0.29) is 4.90 Å². The molecule has 2 aromatic carbocycles. The number of rotatable bonds is 16. The van der Waals surface area contributed by atoms with Crippen LogP contribution in [0.15, 0.2) is 4.90 Å². The minimum Gasteiger partial charge on any atom is -0.282 e. The van der Waals surface area contributed by atoms with Crippen LogP contribution >= 0.6 is 0 Å². The largest absolute Gasteiger partial charge is 0.295 e. The van der Waals surface area contributed by atoms with Gasteiger partial charge in [0.25, 0.3) is 10.1 Å². The van der Waals surface area contributed by atoms with Crippen LogP contribution in [-0.2, 0) is 42.2 Å². The summed E-state index contributed by atoms with van der Waals surface area (Å²) in [6.45, 7) is 15.1. The number of hydrogen-bond acceptors (Lipinski definition) is 2. The van der Waals surface area contributed by atoms with Crippen LogP contribution in [0.2, 0.25) is 0 Å². The van der Waals surface area contributed by atoms with Gasteiger partial charge in [-0.25, -0.2) is 0 Å². The molecule has 0 aliphatic carbocycles. The van der Waals surface area contributed by atoms with Crippen LogP contribution in [0.25, 0.3) is 10.8 Å². The van der Waals surface area contributed by atoms with Gasteiger partial charge in [-0.15, -0.1) is 0 Å². The maximum atomic E-state index is 13.0. The molecule has 0 saturated carbocycles. The summed E-state index contributed by atoms with van der Waals surface area (Å²) in [4.78, 5) is 0.180. The standard InChI is InChI=1S/C32H52O3S/c1-8-13-18-25-23(6)24(7)32(36(33,34)35)31-29(22-17-12-5)27(20-15-10-3)26(19-14-9-2)28(30(25)31)21-16-11-4/h8-22H2,1-7H3,(H,33,34,35). The zero-order valence-corrected chi connectivity index (χ0v) is 25.1. The molecule has 0 spiro atoms. The monoisotopic (exact) mass is 516 g/mol. The van der Waals surface area contributed by atoms with E-state index in [4.69, 9.17) is 0 Å². The van der Waals surface area contributed by atoms with Crippen LogP contribution in [0, 0.1) is 13.8 Å². The fraction of sp³-hybridized carbons (Fsp3) is 0.688. The second-order valence-corrected chi connectivity index (χ2v) is 12.1. The first-order valence-electron chi connectivity index (χ1n) is 14.8. The Hall–Kier alpha value is -1.39. The summed E-state index contributed by atoms with van der Waals surface area (Å²) >= 11 is 0. The number of fused-ring (bicyclic) bond motifs is 1. The van der Waals surface area contributed by atoms with E-state index in [1.807, 2.05) is 6.92 Å². The summed E-state index contributed by atoms with van der Waals surface area (Å²) in [6.07, 6.45) is 15.8. The summed E-state index contributed by atoms with van der Waals surface area (Å²) in [5.74, 6) is 0. The van der Waals surface area contributed by atoms with Crippen molar-refractivity contribution in [3.05, 3.63) is 38.9 Å². The van der Waals surface area contributed by atoms with Crippen LogP contribution in [0.4, 0.5) is 0 Å². The first kappa shape index (κ1) is 30.8. The predicted molar refractivity (Wildman–Crippen MR) is 156 cm³/mol. The second kappa shape index (κ2) is 14.5. The van der Waals surface area contributed by atoms with Crippen molar-refractivity contribution in [2.75, 3.05) is 0 Å². The van der Waals surface area contributed by atoms with E-state index in [9.17, 15) is 13.0 Å². The van der Waals surface area contributed by atoms with Gasteiger partial charge in [0.2, 0.25) is 0 Å². The maximum absolute atomic E-state index is 13.0. The highest BCUT2D eigenvalue weighted by molar-refractivity contribution is 7.86. The Kier molecular flexibility index (Phi) is 12.4. The quantitative estimate of drug-likeness (QED) is 0.226. The molecule has 2 aromatic rings. The molecule has 0 fully saturated rings. The highest BCUT2D eigenvalue weighted by atomic mass is 32.2. The molecule has 0 radical (unpaired) electrons.